The maximum absolute atomic E-state index is 12.9. The zero-order valence-corrected chi connectivity index (χ0v) is 15.7. The number of benzene rings is 1. The summed E-state index contributed by atoms with van der Waals surface area (Å²) < 4.78 is 5.54. The zero-order chi connectivity index (χ0) is 18.5. The number of nitrogens with zero attached hydrogens (tertiary/aromatic N) is 2. The normalized spacial score (nSPS) is 24.4. The second-order valence-electron chi connectivity index (χ2n) is 7.27. The first-order valence-electron chi connectivity index (χ1n) is 9.55. The van der Waals surface area contributed by atoms with Gasteiger partial charge in [0.25, 0.3) is 5.91 Å². The van der Waals surface area contributed by atoms with Gasteiger partial charge in [0.05, 0.1) is 0 Å². The maximum Gasteiger partial charge on any atom is 0.260 e. The van der Waals surface area contributed by atoms with Crippen molar-refractivity contribution in [1.29, 1.82) is 0 Å². The number of likely N-dealkylation sites (tertiary alicyclic amines) is 1. The van der Waals surface area contributed by atoms with E-state index in [0.717, 1.165) is 25.9 Å². The minimum absolute atomic E-state index is 0.0103. The van der Waals surface area contributed by atoms with E-state index in [-0.39, 0.29) is 30.4 Å². The third-order valence-electron chi connectivity index (χ3n) is 5.62. The van der Waals surface area contributed by atoms with Crippen LogP contribution in [0.15, 0.2) is 30.3 Å². The average Bonchev–Trinajstić information content (AvgIpc) is 2.68. The lowest BCUT2D eigenvalue weighted by molar-refractivity contribution is -0.144. The molecule has 6 heteroatoms. The van der Waals surface area contributed by atoms with E-state index in [4.69, 9.17) is 4.74 Å². The second kappa shape index (κ2) is 8.54. The molecule has 2 heterocycles. The fourth-order valence-electron chi connectivity index (χ4n) is 3.73. The molecular formula is C20H29N3O3. The van der Waals surface area contributed by atoms with Crippen LogP contribution in [0.25, 0.3) is 0 Å². The van der Waals surface area contributed by atoms with Crippen LogP contribution in [0.1, 0.15) is 26.7 Å². The standard InChI is InChI=1S/C20H29N3O3/c1-15-16(2)23(13-10-21-15)20(25)17-8-11-22(12-9-17)19(24)14-26-18-6-4-3-5-7-18/h3-7,15-17,21H,8-14H2,1-2H3. The quantitative estimate of drug-likeness (QED) is 0.885. The molecule has 2 unspecified atom stereocenters. The van der Waals surface area contributed by atoms with Gasteiger partial charge in [0.15, 0.2) is 6.61 Å². The average molecular weight is 359 g/mol. The number of ether oxygens (including phenoxy) is 1. The molecule has 2 saturated heterocycles. The second-order valence-corrected chi connectivity index (χ2v) is 7.27. The molecule has 26 heavy (non-hydrogen) atoms. The van der Waals surface area contributed by atoms with E-state index in [9.17, 15) is 9.59 Å². The molecular weight excluding hydrogens is 330 g/mol. The number of carbonyl (C=O) groups is 2. The van der Waals surface area contributed by atoms with Crippen molar-refractivity contribution in [3.63, 3.8) is 0 Å². The number of amides is 2. The summed E-state index contributed by atoms with van der Waals surface area (Å²) in [4.78, 5) is 29.0. The summed E-state index contributed by atoms with van der Waals surface area (Å²) in [6, 6.07) is 9.90. The molecule has 3 rings (SSSR count). The predicted molar refractivity (Wildman–Crippen MR) is 99.9 cm³/mol. The Morgan fingerprint density at radius 1 is 1.12 bits per heavy atom. The van der Waals surface area contributed by atoms with Crippen molar-refractivity contribution < 1.29 is 14.3 Å². The van der Waals surface area contributed by atoms with Crippen LogP contribution in [0.2, 0.25) is 0 Å². The lowest BCUT2D eigenvalue weighted by Gasteiger charge is -2.41. The van der Waals surface area contributed by atoms with Crippen molar-refractivity contribution in [2.75, 3.05) is 32.8 Å². The molecule has 0 aromatic heterocycles. The highest BCUT2D eigenvalue weighted by Gasteiger charge is 2.34. The van der Waals surface area contributed by atoms with E-state index in [0.29, 0.717) is 24.9 Å². The van der Waals surface area contributed by atoms with Gasteiger partial charge in [0.2, 0.25) is 5.91 Å². The van der Waals surface area contributed by atoms with Crippen molar-refractivity contribution >= 4 is 11.8 Å². The van der Waals surface area contributed by atoms with Crippen LogP contribution in [0.3, 0.4) is 0 Å². The van der Waals surface area contributed by atoms with Gasteiger partial charge in [-0.05, 0) is 38.8 Å². The molecule has 2 aliphatic rings. The van der Waals surface area contributed by atoms with Crippen LogP contribution in [-0.2, 0) is 9.59 Å². The number of piperidine rings is 1. The largest absolute Gasteiger partial charge is 0.484 e. The highest BCUT2D eigenvalue weighted by atomic mass is 16.5. The number of para-hydroxylation sites is 1. The Balaban J connectivity index is 1.46. The van der Waals surface area contributed by atoms with Crippen molar-refractivity contribution in [2.45, 2.75) is 38.8 Å². The molecule has 0 spiro atoms. The van der Waals surface area contributed by atoms with Gasteiger partial charge in [0, 0.05) is 44.2 Å². The summed E-state index contributed by atoms with van der Waals surface area (Å²) in [5.74, 6) is 0.969. The first-order chi connectivity index (χ1) is 12.6. The number of rotatable bonds is 4. The van der Waals surface area contributed by atoms with Gasteiger partial charge in [-0.3, -0.25) is 9.59 Å². The Morgan fingerprint density at radius 2 is 1.81 bits per heavy atom. The number of hydrogen-bond acceptors (Lipinski definition) is 4. The molecule has 142 valence electrons. The Kier molecular flexibility index (Phi) is 6.14. The van der Waals surface area contributed by atoms with Crippen LogP contribution < -0.4 is 10.1 Å². The Bertz CT molecular complexity index is 614. The summed E-state index contributed by atoms with van der Waals surface area (Å²) in [6.45, 7) is 7.16. The summed E-state index contributed by atoms with van der Waals surface area (Å²) in [6.07, 6.45) is 1.47. The number of nitrogens with one attached hydrogen (secondary N) is 1. The van der Waals surface area contributed by atoms with E-state index < -0.39 is 0 Å². The molecule has 2 atom stereocenters. The van der Waals surface area contributed by atoms with Crippen LogP contribution in [0.4, 0.5) is 0 Å². The zero-order valence-electron chi connectivity index (χ0n) is 15.7. The first-order valence-corrected chi connectivity index (χ1v) is 9.55. The molecule has 2 fully saturated rings. The molecule has 0 aliphatic carbocycles. The van der Waals surface area contributed by atoms with Crippen LogP contribution in [0, 0.1) is 5.92 Å². The molecule has 0 radical (unpaired) electrons. The molecule has 1 aromatic rings. The number of carbonyl (C=O) groups excluding carboxylic acids is 2. The number of hydrogen-bond donors (Lipinski definition) is 1. The summed E-state index contributed by atoms with van der Waals surface area (Å²) in [5.41, 5.74) is 0. The van der Waals surface area contributed by atoms with Crippen molar-refractivity contribution in [2.24, 2.45) is 5.92 Å². The summed E-state index contributed by atoms with van der Waals surface area (Å²) in [7, 11) is 0. The fourth-order valence-corrected chi connectivity index (χ4v) is 3.73. The van der Waals surface area contributed by atoms with Crippen LogP contribution in [0.5, 0.6) is 5.75 Å². The fraction of sp³-hybridized carbons (Fsp3) is 0.600. The molecule has 0 saturated carbocycles. The van der Waals surface area contributed by atoms with Crippen LogP contribution >= 0.6 is 0 Å². The smallest absolute Gasteiger partial charge is 0.260 e. The van der Waals surface area contributed by atoms with Gasteiger partial charge < -0.3 is 19.9 Å². The van der Waals surface area contributed by atoms with Crippen molar-refractivity contribution in [3.8, 4) is 5.75 Å². The van der Waals surface area contributed by atoms with E-state index in [1.807, 2.05) is 40.1 Å². The van der Waals surface area contributed by atoms with Crippen molar-refractivity contribution in [1.82, 2.24) is 15.1 Å². The molecule has 1 N–H and O–H groups in total. The SMILES string of the molecule is CC1NCCN(C(=O)C2CCN(C(=O)COc3ccccc3)CC2)C1C. The Hall–Kier alpha value is -2.08. The van der Waals surface area contributed by atoms with E-state index in [1.165, 1.54) is 0 Å². The first kappa shape index (κ1) is 18.7. The third-order valence-corrected chi connectivity index (χ3v) is 5.62. The van der Waals surface area contributed by atoms with Gasteiger partial charge >= 0.3 is 0 Å². The summed E-state index contributed by atoms with van der Waals surface area (Å²) in [5, 5.41) is 3.41. The monoisotopic (exact) mass is 359 g/mol. The molecule has 2 aliphatic heterocycles. The lowest BCUT2D eigenvalue weighted by atomic mass is 9.93. The highest BCUT2D eigenvalue weighted by molar-refractivity contribution is 5.81. The topological polar surface area (TPSA) is 61.9 Å². The van der Waals surface area contributed by atoms with Gasteiger partial charge in [-0.15, -0.1) is 0 Å². The van der Waals surface area contributed by atoms with Gasteiger partial charge in [0.1, 0.15) is 5.75 Å². The van der Waals surface area contributed by atoms with Gasteiger partial charge in [-0.25, -0.2) is 0 Å². The van der Waals surface area contributed by atoms with Gasteiger partial charge in [-0.2, -0.15) is 0 Å². The van der Waals surface area contributed by atoms with E-state index in [1.54, 1.807) is 0 Å². The number of piperazine rings is 1. The minimum atomic E-state index is -0.0103. The van der Waals surface area contributed by atoms with Gasteiger partial charge in [-0.1, -0.05) is 18.2 Å². The minimum Gasteiger partial charge on any atom is -0.484 e. The molecule has 2 amide bonds. The van der Waals surface area contributed by atoms with Crippen molar-refractivity contribution in [3.05, 3.63) is 30.3 Å². The predicted octanol–water partition coefficient (Wildman–Crippen LogP) is 1.51. The van der Waals surface area contributed by atoms with Crippen LogP contribution in [-0.4, -0.2) is 66.5 Å². The molecule has 1 aromatic carbocycles. The Morgan fingerprint density at radius 3 is 2.50 bits per heavy atom. The maximum atomic E-state index is 12.9. The molecule has 6 nitrogen and oxygen atoms in total. The third kappa shape index (κ3) is 4.36. The summed E-state index contributed by atoms with van der Waals surface area (Å²) >= 11 is 0. The molecule has 0 bridgehead atoms. The highest BCUT2D eigenvalue weighted by Crippen LogP contribution is 2.22. The van der Waals surface area contributed by atoms with E-state index >= 15 is 0 Å². The Labute approximate surface area is 155 Å². The van der Waals surface area contributed by atoms with E-state index in [2.05, 4.69) is 19.2 Å². The lowest BCUT2D eigenvalue weighted by Crippen LogP contribution is -2.59.